The highest BCUT2D eigenvalue weighted by Crippen LogP contribution is 2.10. The number of nitrogens with one attached hydrogen (secondary N) is 1. The standard InChI is InChI=1S/C13H9N3O2.C6H5N3/c14-8-10-6-7-12(15-9-10)16-13(17)18-11-4-2-1-3-5-11;7-3-5-1-2-6(8)9-4-5/h1-7,9H,(H,15,16,17);1-2,4H,(H2,8,9). The molecule has 3 rings (SSSR count). The van der Waals surface area contributed by atoms with Gasteiger partial charge in [-0.05, 0) is 36.4 Å². The van der Waals surface area contributed by atoms with Gasteiger partial charge in [-0.1, -0.05) is 18.2 Å². The van der Waals surface area contributed by atoms with Crippen molar-refractivity contribution >= 4 is 17.7 Å². The van der Waals surface area contributed by atoms with Crippen LogP contribution >= 0.6 is 0 Å². The van der Waals surface area contributed by atoms with E-state index < -0.39 is 6.09 Å². The molecule has 0 unspecified atom stereocenters. The number of carbonyl (C=O) groups is 1. The van der Waals surface area contributed by atoms with Crippen molar-refractivity contribution in [3.8, 4) is 17.9 Å². The number of carbonyl (C=O) groups excluding carboxylic acids is 1. The number of nitriles is 2. The normalized spacial score (nSPS) is 8.96. The summed E-state index contributed by atoms with van der Waals surface area (Å²) in [5, 5.41) is 19.4. The van der Waals surface area contributed by atoms with Gasteiger partial charge in [-0.3, -0.25) is 5.32 Å². The number of rotatable bonds is 2. The number of aromatic nitrogens is 2. The lowest BCUT2D eigenvalue weighted by Gasteiger charge is -2.05. The molecule has 27 heavy (non-hydrogen) atoms. The average Bonchev–Trinajstić information content (AvgIpc) is 2.70. The van der Waals surface area contributed by atoms with E-state index in [1.54, 1.807) is 42.5 Å². The van der Waals surface area contributed by atoms with Crippen LogP contribution in [0.2, 0.25) is 0 Å². The summed E-state index contributed by atoms with van der Waals surface area (Å²) in [6.45, 7) is 0. The Bertz CT molecular complexity index is 958. The maximum absolute atomic E-state index is 11.5. The molecule has 3 aromatic rings. The van der Waals surface area contributed by atoms with Crippen LogP contribution in [0.25, 0.3) is 0 Å². The van der Waals surface area contributed by atoms with Crippen LogP contribution in [0.3, 0.4) is 0 Å². The molecule has 132 valence electrons. The van der Waals surface area contributed by atoms with E-state index in [-0.39, 0.29) is 0 Å². The molecule has 0 saturated carbocycles. The molecule has 0 atom stereocenters. The number of nitrogens with zero attached hydrogens (tertiary/aromatic N) is 4. The molecule has 2 heterocycles. The van der Waals surface area contributed by atoms with Crippen LogP contribution in [0.15, 0.2) is 67.0 Å². The Kier molecular flexibility index (Phi) is 6.84. The van der Waals surface area contributed by atoms with E-state index in [4.69, 9.17) is 21.0 Å². The fraction of sp³-hybridized carbons (Fsp3) is 0. The van der Waals surface area contributed by atoms with Gasteiger partial charge in [-0.25, -0.2) is 14.8 Å². The quantitative estimate of drug-likeness (QED) is 0.717. The first-order valence-corrected chi connectivity index (χ1v) is 7.62. The van der Waals surface area contributed by atoms with E-state index in [1.165, 1.54) is 18.5 Å². The van der Waals surface area contributed by atoms with Crippen LogP contribution in [0, 0.1) is 22.7 Å². The van der Waals surface area contributed by atoms with Crippen molar-refractivity contribution in [2.75, 3.05) is 11.1 Å². The third-order valence-electron chi connectivity index (χ3n) is 2.99. The first-order valence-electron chi connectivity index (χ1n) is 7.62. The van der Waals surface area contributed by atoms with Gasteiger partial charge in [-0.15, -0.1) is 0 Å². The monoisotopic (exact) mass is 358 g/mol. The molecule has 0 aliphatic heterocycles. The Morgan fingerprint density at radius 3 is 2.07 bits per heavy atom. The lowest BCUT2D eigenvalue weighted by Crippen LogP contribution is -2.17. The molecule has 1 amide bonds. The Balaban J connectivity index is 0.000000244. The maximum atomic E-state index is 11.5. The van der Waals surface area contributed by atoms with Crippen molar-refractivity contribution in [2.24, 2.45) is 0 Å². The highest BCUT2D eigenvalue weighted by Gasteiger charge is 2.05. The minimum Gasteiger partial charge on any atom is -0.410 e. The van der Waals surface area contributed by atoms with Gasteiger partial charge >= 0.3 is 6.09 Å². The second-order valence-corrected chi connectivity index (χ2v) is 4.96. The molecule has 0 radical (unpaired) electrons. The Labute approximate surface area is 155 Å². The number of amides is 1. The number of para-hydroxylation sites is 1. The van der Waals surface area contributed by atoms with Crippen LogP contribution < -0.4 is 15.8 Å². The molecule has 8 heteroatoms. The first-order chi connectivity index (χ1) is 13.1. The smallest absolute Gasteiger partial charge is 0.410 e. The summed E-state index contributed by atoms with van der Waals surface area (Å²) in [6, 6.07) is 18.9. The minimum atomic E-state index is -0.626. The summed E-state index contributed by atoms with van der Waals surface area (Å²) in [4.78, 5) is 19.1. The highest BCUT2D eigenvalue weighted by atomic mass is 16.6. The predicted octanol–water partition coefficient (Wildman–Crippen LogP) is 3.10. The van der Waals surface area contributed by atoms with Crippen LogP contribution in [0.1, 0.15) is 11.1 Å². The summed E-state index contributed by atoms with van der Waals surface area (Å²) in [7, 11) is 0. The lowest BCUT2D eigenvalue weighted by molar-refractivity contribution is 0.215. The number of nitrogen functional groups attached to an aromatic ring is 1. The van der Waals surface area contributed by atoms with Gasteiger partial charge in [0.1, 0.15) is 29.5 Å². The van der Waals surface area contributed by atoms with Crippen molar-refractivity contribution in [1.82, 2.24) is 9.97 Å². The van der Waals surface area contributed by atoms with Crippen LogP contribution in [-0.4, -0.2) is 16.1 Å². The molecular formula is C19H14N6O2. The number of hydrogen-bond acceptors (Lipinski definition) is 7. The third kappa shape index (κ3) is 6.53. The minimum absolute atomic E-state index is 0.329. The predicted molar refractivity (Wildman–Crippen MR) is 98.4 cm³/mol. The van der Waals surface area contributed by atoms with E-state index in [0.717, 1.165) is 0 Å². The van der Waals surface area contributed by atoms with Crippen molar-refractivity contribution in [1.29, 1.82) is 10.5 Å². The molecule has 2 aromatic heterocycles. The van der Waals surface area contributed by atoms with Crippen LogP contribution in [0.5, 0.6) is 5.75 Å². The zero-order chi connectivity index (χ0) is 19.5. The summed E-state index contributed by atoms with van der Waals surface area (Å²) < 4.78 is 5.02. The van der Waals surface area contributed by atoms with E-state index in [2.05, 4.69) is 15.3 Å². The van der Waals surface area contributed by atoms with Crippen molar-refractivity contribution in [2.45, 2.75) is 0 Å². The Morgan fingerprint density at radius 1 is 0.926 bits per heavy atom. The number of pyridine rings is 2. The molecule has 0 fully saturated rings. The summed E-state index contributed by atoms with van der Waals surface area (Å²) in [5.74, 6) is 1.22. The fourth-order valence-corrected chi connectivity index (χ4v) is 1.73. The van der Waals surface area contributed by atoms with Crippen molar-refractivity contribution in [3.63, 3.8) is 0 Å². The van der Waals surface area contributed by atoms with Gasteiger partial charge in [-0.2, -0.15) is 10.5 Å². The Morgan fingerprint density at radius 2 is 1.56 bits per heavy atom. The fourth-order valence-electron chi connectivity index (χ4n) is 1.73. The van der Waals surface area contributed by atoms with Gasteiger partial charge < -0.3 is 10.5 Å². The van der Waals surface area contributed by atoms with Gasteiger partial charge in [0.25, 0.3) is 0 Å². The second-order valence-electron chi connectivity index (χ2n) is 4.96. The van der Waals surface area contributed by atoms with Crippen molar-refractivity contribution < 1.29 is 9.53 Å². The van der Waals surface area contributed by atoms with Gasteiger partial charge in [0, 0.05) is 12.4 Å². The summed E-state index contributed by atoms with van der Waals surface area (Å²) in [5.41, 5.74) is 6.22. The molecule has 8 nitrogen and oxygen atoms in total. The zero-order valence-corrected chi connectivity index (χ0v) is 14.0. The zero-order valence-electron chi connectivity index (χ0n) is 14.0. The third-order valence-corrected chi connectivity index (χ3v) is 2.99. The summed E-state index contributed by atoms with van der Waals surface area (Å²) >= 11 is 0. The largest absolute Gasteiger partial charge is 0.418 e. The van der Waals surface area contributed by atoms with E-state index in [0.29, 0.717) is 28.5 Å². The van der Waals surface area contributed by atoms with Gasteiger partial charge in [0.2, 0.25) is 0 Å². The molecule has 0 spiro atoms. The first kappa shape index (κ1) is 18.9. The number of nitrogens with two attached hydrogens (primary N) is 1. The average molecular weight is 358 g/mol. The Hall–Kier alpha value is -4.43. The molecular weight excluding hydrogens is 344 g/mol. The van der Waals surface area contributed by atoms with Crippen molar-refractivity contribution in [3.05, 3.63) is 78.1 Å². The molecule has 0 bridgehead atoms. The van der Waals surface area contributed by atoms with Crippen LogP contribution in [0.4, 0.5) is 16.4 Å². The van der Waals surface area contributed by atoms with Gasteiger partial charge in [0.15, 0.2) is 0 Å². The number of hydrogen-bond donors (Lipinski definition) is 2. The van der Waals surface area contributed by atoms with Gasteiger partial charge in [0.05, 0.1) is 11.1 Å². The number of ether oxygens (including phenoxy) is 1. The highest BCUT2D eigenvalue weighted by molar-refractivity contribution is 5.85. The molecule has 0 aliphatic carbocycles. The lowest BCUT2D eigenvalue weighted by atomic mass is 10.3. The number of anilines is 2. The van der Waals surface area contributed by atoms with E-state index in [1.807, 2.05) is 18.2 Å². The second kappa shape index (κ2) is 9.77. The van der Waals surface area contributed by atoms with E-state index in [9.17, 15) is 4.79 Å². The SMILES string of the molecule is N#Cc1ccc(N)nc1.N#Cc1ccc(NC(=O)Oc2ccccc2)nc1. The van der Waals surface area contributed by atoms with E-state index >= 15 is 0 Å². The number of benzene rings is 1. The summed E-state index contributed by atoms with van der Waals surface area (Å²) in [6.07, 6.45) is 2.19. The molecule has 1 aromatic carbocycles. The topological polar surface area (TPSA) is 138 Å². The van der Waals surface area contributed by atoms with Crippen LogP contribution in [-0.2, 0) is 0 Å². The molecule has 0 saturated heterocycles. The maximum Gasteiger partial charge on any atom is 0.418 e. The molecule has 0 aliphatic rings. The molecule has 3 N–H and O–H groups in total.